The van der Waals surface area contributed by atoms with E-state index in [9.17, 15) is 4.79 Å². The molecule has 2 aromatic rings. The van der Waals surface area contributed by atoms with Crippen LogP contribution in [0.15, 0.2) is 18.2 Å². The molecule has 0 aliphatic rings. The molecule has 18 heavy (non-hydrogen) atoms. The summed E-state index contributed by atoms with van der Waals surface area (Å²) in [6.45, 7) is 1.88. The number of anilines is 1. The molecule has 1 unspecified atom stereocenters. The zero-order valence-electron chi connectivity index (χ0n) is 10.4. The first kappa shape index (κ1) is 12.2. The molecule has 0 aliphatic carbocycles. The number of benzene rings is 1. The van der Waals surface area contributed by atoms with Crippen LogP contribution in [0.4, 0.5) is 5.95 Å². The Morgan fingerprint density at radius 2 is 2.28 bits per heavy atom. The van der Waals surface area contributed by atoms with E-state index in [-0.39, 0.29) is 18.4 Å². The van der Waals surface area contributed by atoms with Gasteiger partial charge in [-0.1, -0.05) is 0 Å². The number of hydrogen-bond acceptors (Lipinski definition) is 4. The monoisotopic (exact) mass is 248 g/mol. The van der Waals surface area contributed by atoms with Gasteiger partial charge in [0.15, 0.2) is 0 Å². The molecule has 0 radical (unpaired) electrons. The number of nitrogen functional groups attached to an aromatic ring is 1. The number of carbonyl (C=O) groups excluding carboxylic acids is 1. The molecule has 1 amide bonds. The Kier molecular flexibility index (Phi) is 3.10. The van der Waals surface area contributed by atoms with E-state index in [2.05, 4.69) is 4.98 Å². The number of nitrogens with two attached hydrogens (primary N) is 2. The minimum absolute atomic E-state index is 0.139. The number of imidazole rings is 1. The summed E-state index contributed by atoms with van der Waals surface area (Å²) in [4.78, 5) is 15.2. The summed E-state index contributed by atoms with van der Waals surface area (Å²) in [5.41, 5.74) is 12.7. The van der Waals surface area contributed by atoms with Crippen LogP contribution in [0.25, 0.3) is 11.0 Å². The van der Waals surface area contributed by atoms with E-state index in [0.717, 1.165) is 16.8 Å². The van der Waals surface area contributed by atoms with E-state index in [1.807, 2.05) is 25.1 Å². The minimum Gasteiger partial charge on any atom is -0.497 e. The number of rotatable bonds is 4. The Morgan fingerprint density at radius 3 is 2.89 bits per heavy atom. The lowest BCUT2D eigenvalue weighted by Crippen LogP contribution is -2.18. The molecule has 0 saturated heterocycles. The molecule has 0 bridgehead atoms. The van der Waals surface area contributed by atoms with Gasteiger partial charge in [0.05, 0.1) is 18.1 Å². The van der Waals surface area contributed by atoms with Crippen LogP contribution >= 0.6 is 0 Å². The van der Waals surface area contributed by atoms with Gasteiger partial charge in [-0.2, -0.15) is 0 Å². The summed E-state index contributed by atoms with van der Waals surface area (Å²) in [5.74, 6) is 0.716. The second-order valence-corrected chi connectivity index (χ2v) is 4.21. The summed E-state index contributed by atoms with van der Waals surface area (Å²) >= 11 is 0. The largest absolute Gasteiger partial charge is 0.497 e. The zero-order chi connectivity index (χ0) is 13.3. The van der Waals surface area contributed by atoms with Crippen molar-refractivity contribution in [1.82, 2.24) is 9.55 Å². The normalized spacial score (nSPS) is 12.6. The Balaban J connectivity index is 2.53. The molecule has 0 fully saturated rings. The fourth-order valence-electron chi connectivity index (χ4n) is 2.06. The summed E-state index contributed by atoms with van der Waals surface area (Å²) in [7, 11) is 1.60. The molecule has 1 heterocycles. The van der Waals surface area contributed by atoms with Crippen molar-refractivity contribution in [3.63, 3.8) is 0 Å². The van der Waals surface area contributed by atoms with Gasteiger partial charge in [0, 0.05) is 18.5 Å². The first-order valence-corrected chi connectivity index (χ1v) is 5.62. The molecular formula is C12H16N4O2. The molecule has 1 aromatic carbocycles. The highest BCUT2D eigenvalue weighted by atomic mass is 16.5. The van der Waals surface area contributed by atoms with Crippen molar-refractivity contribution in [2.75, 3.05) is 12.8 Å². The Labute approximate surface area is 105 Å². The zero-order valence-corrected chi connectivity index (χ0v) is 10.4. The SMILES string of the molecule is COc1ccc2nc(N)n(C(C)CC(N)=O)c2c1. The van der Waals surface area contributed by atoms with E-state index < -0.39 is 0 Å². The molecular weight excluding hydrogens is 232 g/mol. The maximum Gasteiger partial charge on any atom is 0.219 e. The van der Waals surface area contributed by atoms with Crippen molar-refractivity contribution in [2.24, 2.45) is 5.73 Å². The van der Waals surface area contributed by atoms with Gasteiger partial charge in [-0.25, -0.2) is 4.98 Å². The predicted molar refractivity (Wildman–Crippen MR) is 69.2 cm³/mol. The molecule has 0 saturated carbocycles. The average Bonchev–Trinajstić information content (AvgIpc) is 2.62. The van der Waals surface area contributed by atoms with Gasteiger partial charge >= 0.3 is 0 Å². The van der Waals surface area contributed by atoms with Crippen LogP contribution in [-0.4, -0.2) is 22.6 Å². The molecule has 1 aromatic heterocycles. The number of fused-ring (bicyclic) bond motifs is 1. The molecule has 0 spiro atoms. The van der Waals surface area contributed by atoms with Crippen LogP contribution in [0.2, 0.25) is 0 Å². The maximum atomic E-state index is 11.0. The first-order valence-electron chi connectivity index (χ1n) is 5.62. The van der Waals surface area contributed by atoms with Gasteiger partial charge in [0.2, 0.25) is 11.9 Å². The third kappa shape index (κ3) is 2.09. The second-order valence-electron chi connectivity index (χ2n) is 4.21. The van der Waals surface area contributed by atoms with Crippen molar-refractivity contribution < 1.29 is 9.53 Å². The number of primary amides is 1. The highest BCUT2D eigenvalue weighted by Crippen LogP contribution is 2.27. The summed E-state index contributed by atoms with van der Waals surface area (Å²) < 4.78 is 6.97. The average molecular weight is 248 g/mol. The lowest BCUT2D eigenvalue weighted by Gasteiger charge is -2.14. The van der Waals surface area contributed by atoms with E-state index in [1.54, 1.807) is 11.7 Å². The van der Waals surface area contributed by atoms with Gasteiger partial charge < -0.3 is 20.8 Å². The Morgan fingerprint density at radius 1 is 1.56 bits per heavy atom. The first-order chi connectivity index (χ1) is 8.52. The minimum atomic E-state index is -0.369. The molecule has 2 rings (SSSR count). The van der Waals surface area contributed by atoms with E-state index >= 15 is 0 Å². The van der Waals surface area contributed by atoms with Gasteiger partial charge in [-0.3, -0.25) is 4.79 Å². The van der Waals surface area contributed by atoms with Crippen LogP contribution < -0.4 is 16.2 Å². The van der Waals surface area contributed by atoms with Crippen LogP contribution in [-0.2, 0) is 4.79 Å². The van der Waals surface area contributed by atoms with E-state index in [1.165, 1.54) is 0 Å². The highest BCUT2D eigenvalue weighted by molar-refractivity contribution is 5.81. The maximum absolute atomic E-state index is 11.0. The predicted octanol–water partition coefficient (Wildman–Crippen LogP) is 1.06. The number of amides is 1. The number of methoxy groups -OCH3 is 1. The Hall–Kier alpha value is -2.24. The van der Waals surface area contributed by atoms with Crippen molar-refractivity contribution in [3.05, 3.63) is 18.2 Å². The lowest BCUT2D eigenvalue weighted by molar-refractivity contribution is -0.118. The molecule has 96 valence electrons. The molecule has 1 atom stereocenters. The number of ether oxygens (including phenoxy) is 1. The van der Waals surface area contributed by atoms with Crippen LogP contribution in [0.5, 0.6) is 5.75 Å². The van der Waals surface area contributed by atoms with Crippen LogP contribution in [0.3, 0.4) is 0 Å². The molecule has 4 N–H and O–H groups in total. The summed E-state index contributed by atoms with van der Waals surface area (Å²) in [6.07, 6.45) is 0.215. The molecule has 0 aliphatic heterocycles. The smallest absolute Gasteiger partial charge is 0.219 e. The fourth-order valence-corrected chi connectivity index (χ4v) is 2.06. The van der Waals surface area contributed by atoms with Crippen LogP contribution in [0, 0.1) is 0 Å². The Bertz CT molecular complexity index is 591. The van der Waals surface area contributed by atoms with Crippen molar-refractivity contribution in [3.8, 4) is 5.75 Å². The van der Waals surface area contributed by atoms with Gasteiger partial charge in [0.25, 0.3) is 0 Å². The third-order valence-corrected chi connectivity index (χ3v) is 2.86. The summed E-state index contributed by atoms with van der Waals surface area (Å²) in [6, 6.07) is 5.35. The van der Waals surface area contributed by atoms with Crippen molar-refractivity contribution in [1.29, 1.82) is 0 Å². The fraction of sp³-hybridized carbons (Fsp3) is 0.333. The van der Waals surface area contributed by atoms with E-state index in [4.69, 9.17) is 16.2 Å². The quantitative estimate of drug-likeness (QED) is 0.845. The van der Waals surface area contributed by atoms with E-state index in [0.29, 0.717) is 5.95 Å². The van der Waals surface area contributed by atoms with Crippen molar-refractivity contribution >= 4 is 22.9 Å². The number of nitrogens with zero attached hydrogens (tertiary/aromatic N) is 2. The molecule has 6 heteroatoms. The van der Waals surface area contributed by atoms with Gasteiger partial charge in [-0.05, 0) is 19.1 Å². The number of hydrogen-bond donors (Lipinski definition) is 2. The lowest BCUT2D eigenvalue weighted by atomic mass is 10.2. The van der Waals surface area contributed by atoms with Gasteiger partial charge in [0.1, 0.15) is 5.75 Å². The topological polar surface area (TPSA) is 96.2 Å². The van der Waals surface area contributed by atoms with Gasteiger partial charge in [-0.15, -0.1) is 0 Å². The highest BCUT2D eigenvalue weighted by Gasteiger charge is 2.16. The summed E-state index contributed by atoms with van der Waals surface area (Å²) in [5, 5.41) is 0. The van der Waals surface area contributed by atoms with Crippen molar-refractivity contribution in [2.45, 2.75) is 19.4 Å². The molecule has 6 nitrogen and oxygen atoms in total. The number of aromatic nitrogens is 2. The second kappa shape index (κ2) is 4.56. The standard InChI is InChI=1S/C12H16N4O2/c1-7(5-11(13)17)16-10-6-8(18-2)3-4-9(10)15-12(16)14/h3-4,6-7H,5H2,1-2H3,(H2,13,17)(H2,14,15). The number of carbonyl (C=O) groups is 1. The third-order valence-electron chi connectivity index (χ3n) is 2.86. The van der Waals surface area contributed by atoms with Crippen LogP contribution in [0.1, 0.15) is 19.4 Å².